The summed E-state index contributed by atoms with van der Waals surface area (Å²) in [4.78, 5) is 7.26. The van der Waals surface area contributed by atoms with E-state index in [0.29, 0.717) is 6.54 Å². The zero-order valence-electron chi connectivity index (χ0n) is 10.6. The van der Waals surface area contributed by atoms with Gasteiger partial charge in [-0.15, -0.1) is 0 Å². The summed E-state index contributed by atoms with van der Waals surface area (Å²) in [7, 11) is 3.21. The number of hydroxylamine groups is 2. The number of hydrogen-bond donors (Lipinski definition) is 3. The summed E-state index contributed by atoms with van der Waals surface area (Å²) in [5.41, 5.74) is 5.24. The maximum atomic E-state index is 5.48. The Morgan fingerprint density at radius 2 is 2.11 bits per heavy atom. The Morgan fingerprint density at radius 3 is 2.56 bits per heavy atom. The molecule has 0 fully saturated rings. The fourth-order valence-corrected chi connectivity index (χ4v) is 5.14. The van der Waals surface area contributed by atoms with Crippen molar-refractivity contribution in [2.45, 2.75) is 11.2 Å². The van der Waals surface area contributed by atoms with Crippen molar-refractivity contribution >= 4 is 20.5 Å². The van der Waals surface area contributed by atoms with Gasteiger partial charge in [0.1, 0.15) is 0 Å². The van der Waals surface area contributed by atoms with Crippen LogP contribution < -0.4 is 58.6 Å². The average Bonchev–Trinajstić information content (AvgIpc) is 2.41. The van der Waals surface area contributed by atoms with Crippen molar-refractivity contribution in [1.29, 1.82) is 0 Å². The Morgan fingerprint density at radius 1 is 1.39 bits per heavy atom. The molecule has 5 N–H and O–H groups in total. The van der Waals surface area contributed by atoms with E-state index in [4.69, 9.17) is 19.1 Å². The van der Waals surface area contributed by atoms with E-state index < -0.39 is 42.4 Å². The molecular formula is C6H20I3N4O5-. The molecule has 0 saturated carbocycles. The van der Waals surface area contributed by atoms with Gasteiger partial charge in [-0.2, -0.15) is 0 Å². The molecule has 0 rings (SSSR count). The molecule has 0 aliphatic heterocycles. The second-order valence-electron chi connectivity index (χ2n) is 2.31. The molecular weight excluding hydrogens is 589 g/mol. The van der Waals surface area contributed by atoms with Crippen LogP contribution in [0.15, 0.2) is 0 Å². The van der Waals surface area contributed by atoms with Crippen molar-refractivity contribution in [3.05, 3.63) is 0 Å². The van der Waals surface area contributed by atoms with Crippen molar-refractivity contribution in [3.8, 4) is 0 Å². The van der Waals surface area contributed by atoms with Crippen LogP contribution in [0.4, 0.5) is 0 Å². The summed E-state index contributed by atoms with van der Waals surface area (Å²) in [6.45, 7) is 2.59. The molecule has 12 heteroatoms. The molecule has 0 spiro atoms. The normalized spacial score (nSPS) is 14.4. The monoisotopic (exact) mass is 609 g/mol. The fraction of sp³-hybridized carbons (Fsp3) is 1.00. The number of methoxy groups -OCH3 is 1. The van der Waals surface area contributed by atoms with Crippen LogP contribution in [0.2, 0.25) is 0 Å². The first-order valence-corrected chi connectivity index (χ1v) is 13.2. The maximum absolute atomic E-state index is 5.48. The quantitative estimate of drug-likeness (QED) is 0.0383. The molecule has 9 nitrogen and oxygen atoms in total. The van der Waals surface area contributed by atoms with Gasteiger partial charge in [0.05, 0.1) is 0 Å². The minimum absolute atomic E-state index is 0.345. The molecule has 1 unspecified atom stereocenters. The molecule has 0 bridgehead atoms. The van der Waals surface area contributed by atoms with Crippen LogP contribution in [0, 0.1) is 0 Å². The predicted molar refractivity (Wildman–Crippen MR) is 62.5 cm³/mol. The van der Waals surface area contributed by atoms with Crippen LogP contribution in [0.5, 0.6) is 0 Å². The Hall–Kier alpha value is 1.83. The molecule has 0 aliphatic rings. The van der Waals surface area contributed by atoms with Gasteiger partial charge in [-0.1, -0.05) is 0 Å². The standard InChI is InChI=1S/C6H20I3N4O5/c1-5-13(18-12-16-7-2)9(15-4)6(14-3)11-17-8-10/h6,11-12H,5H2,1-4,10H3/q-1. The molecule has 0 radical (unpaired) electrons. The first-order valence-electron chi connectivity index (χ1n) is 4.65. The number of rotatable bonds is 12. The topological polar surface area (TPSA) is 101 Å². The summed E-state index contributed by atoms with van der Waals surface area (Å²) in [5, 5.41) is 0. The number of nitrogens with one attached hydrogen (secondary N) is 2. The third-order valence-corrected chi connectivity index (χ3v) is 7.16. The van der Waals surface area contributed by atoms with Crippen LogP contribution >= 0.6 is 20.5 Å². The van der Waals surface area contributed by atoms with Gasteiger partial charge in [0, 0.05) is 0 Å². The summed E-state index contributed by atoms with van der Waals surface area (Å²) in [6.07, 6.45) is 0. The molecule has 0 amide bonds. The van der Waals surface area contributed by atoms with Crippen molar-refractivity contribution in [1.82, 2.24) is 14.4 Å². The summed E-state index contributed by atoms with van der Waals surface area (Å²) < 4.78 is 26.0. The van der Waals surface area contributed by atoms with Crippen LogP contribution in [-0.2, 0) is 19.1 Å². The third kappa shape index (κ3) is 8.19. The van der Waals surface area contributed by atoms with E-state index in [-0.39, 0.29) is 25.9 Å². The molecule has 0 aliphatic carbocycles. The predicted octanol–water partition coefficient (Wildman–Crippen LogP) is -7.10. The van der Waals surface area contributed by atoms with E-state index in [2.05, 4.69) is 15.1 Å². The Balaban J connectivity index is 4.35. The van der Waals surface area contributed by atoms with E-state index in [1.165, 1.54) is 0 Å². The van der Waals surface area contributed by atoms with Crippen LogP contribution in [0.25, 0.3) is 0 Å². The number of ether oxygens (including phenoxy) is 1. The van der Waals surface area contributed by atoms with Gasteiger partial charge < -0.3 is 0 Å². The van der Waals surface area contributed by atoms with E-state index in [1.807, 2.05) is 11.9 Å². The van der Waals surface area contributed by atoms with Gasteiger partial charge in [0.25, 0.3) is 0 Å². The first kappa shape index (κ1) is 19.8. The Kier molecular flexibility index (Phi) is 15.2. The average molecular weight is 609 g/mol. The Bertz CT molecular complexity index is 197. The number of hydrogen-bond acceptors (Lipinski definition) is 8. The van der Waals surface area contributed by atoms with Crippen molar-refractivity contribution in [2.24, 2.45) is 0 Å². The minimum atomic E-state index is -2.20. The molecule has 0 saturated heterocycles. The summed E-state index contributed by atoms with van der Waals surface area (Å²) in [6, 6.07) is 0. The van der Waals surface area contributed by atoms with Crippen molar-refractivity contribution in [3.63, 3.8) is 0 Å². The molecule has 0 aromatic heterocycles. The van der Waals surface area contributed by atoms with Crippen molar-refractivity contribution in [2.75, 3.05) is 25.7 Å². The van der Waals surface area contributed by atoms with Gasteiger partial charge in [-0.25, -0.2) is 0 Å². The van der Waals surface area contributed by atoms with Crippen molar-refractivity contribution < 1.29 is 66.5 Å². The molecule has 0 aromatic carbocycles. The molecule has 116 valence electrons. The van der Waals surface area contributed by atoms with Gasteiger partial charge in [-0.3, -0.25) is 0 Å². The summed E-state index contributed by atoms with van der Waals surface area (Å²) >= 11 is -3.11. The second-order valence-corrected chi connectivity index (χ2v) is 9.24. The van der Waals surface area contributed by atoms with Crippen LogP contribution in [0.3, 0.4) is 0 Å². The molecule has 1 atom stereocenters. The van der Waals surface area contributed by atoms with E-state index in [1.54, 1.807) is 17.5 Å². The SMILES string of the molecule is CCN(ONO[I-]C)I(OC)C(NO[I-][NH3+])OC. The molecule has 0 heterocycles. The van der Waals surface area contributed by atoms with Gasteiger partial charge >= 0.3 is 138 Å². The van der Waals surface area contributed by atoms with E-state index in [9.17, 15) is 0 Å². The first-order chi connectivity index (χ1) is 8.74. The number of halogens is 3. The zero-order chi connectivity index (χ0) is 13.8. The van der Waals surface area contributed by atoms with Gasteiger partial charge in [0.15, 0.2) is 0 Å². The zero-order valence-corrected chi connectivity index (χ0v) is 17.1. The number of alkyl halides is 2. The van der Waals surface area contributed by atoms with Crippen LogP contribution in [0.1, 0.15) is 6.92 Å². The van der Waals surface area contributed by atoms with E-state index in [0.717, 1.165) is 0 Å². The summed E-state index contributed by atoms with van der Waals surface area (Å²) in [5.74, 6) is 0. The van der Waals surface area contributed by atoms with Gasteiger partial charge in [-0.05, 0) is 0 Å². The number of quaternary nitrogens is 1. The third-order valence-electron chi connectivity index (χ3n) is 1.41. The number of nitrogens with zero attached hydrogens (tertiary/aromatic N) is 1. The van der Waals surface area contributed by atoms with E-state index >= 15 is 0 Å². The fourth-order valence-electron chi connectivity index (χ4n) is 0.788. The van der Waals surface area contributed by atoms with Gasteiger partial charge in [0.2, 0.25) is 0 Å². The van der Waals surface area contributed by atoms with Crippen LogP contribution in [-0.4, -0.2) is 33.2 Å². The Labute approximate surface area is 137 Å². The molecule has 18 heavy (non-hydrogen) atoms. The second kappa shape index (κ2) is 13.8. The molecule has 0 aromatic rings.